The van der Waals surface area contributed by atoms with Gasteiger partial charge in [0.2, 0.25) is 11.8 Å². The second kappa shape index (κ2) is 15.6. The van der Waals surface area contributed by atoms with E-state index < -0.39 is 30.0 Å². The summed E-state index contributed by atoms with van der Waals surface area (Å²) in [6.07, 6.45) is 4.39. The molecule has 4 atom stereocenters. The van der Waals surface area contributed by atoms with Crippen molar-refractivity contribution in [2.45, 2.75) is 69.4 Å². The lowest BCUT2D eigenvalue weighted by Crippen LogP contribution is -2.44. The van der Waals surface area contributed by atoms with E-state index in [1.54, 1.807) is 29.9 Å². The van der Waals surface area contributed by atoms with E-state index in [0.29, 0.717) is 68.4 Å². The lowest BCUT2D eigenvalue weighted by Gasteiger charge is -2.33. The van der Waals surface area contributed by atoms with Gasteiger partial charge in [-0.3, -0.25) is 33.7 Å². The van der Waals surface area contributed by atoms with Gasteiger partial charge in [-0.2, -0.15) is 10.2 Å². The number of aryl methyl sites for hydroxylation is 2. The van der Waals surface area contributed by atoms with Crippen molar-refractivity contribution >= 4 is 45.9 Å². The van der Waals surface area contributed by atoms with Gasteiger partial charge in [-0.15, -0.1) is 0 Å². The van der Waals surface area contributed by atoms with Crippen LogP contribution in [-0.4, -0.2) is 107 Å². The maximum absolute atomic E-state index is 14.3. The van der Waals surface area contributed by atoms with Crippen molar-refractivity contribution in [3.05, 3.63) is 100.0 Å². The van der Waals surface area contributed by atoms with Gasteiger partial charge in [0.15, 0.2) is 11.3 Å². The minimum atomic E-state index is -2.94. The molecule has 4 aromatic heterocycles. The van der Waals surface area contributed by atoms with Crippen LogP contribution in [0.5, 0.6) is 0 Å². The Labute approximate surface area is 346 Å². The lowest BCUT2D eigenvalue weighted by atomic mass is 10.0. The fourth-order valence-electron chi connectivity index (χ4n) is 9.20. The first-order valence-corrected chi connectivity index (χ1v) is 20.5. The highest BCUT2D eigenvalue weighted by Crippen LogP contribution is 2.33. The molecule has 2 N–H and O–H groups in total. The van der Waals surface area contributed by atoms with E-state index in [2.05, 4.69) is 30.6 Å². The first-order valence-electron chi connectivity index (χ1n) is 20.5. The number of imidazole rings is 1. The number of aromatic nitrogens is 7. The molecule has 6 aromatic rings. The number of hydrogen-bond donors (Lipinski definition) is 2. The summed E-state index contributed by atoms with van der Waals surface area (Å²) in [5, 5.41) is 13.4. The number of fused-ring (bicyclic) bond motifs is 4. The fraction of sp³-hybridized carbons (Fsp3) is 0.405. The number of imide groups is 1. The van der Waals surface area contributed by atoms with Crippen LogP contribution in [0.1, 0.15) is 65.3 Å². The number of amides is 3. The number of benzene rings is 2. The third-order valence-corrected chi connectivity index (χ3v) is 12.3. The number of nitrogens with zero attached hydrogens (tertiary/aromatic N) is 9. The predicted octanol–water partition coefficient (Wildman–Crippen LogP) is 3.55. The van der Waals surface area contributed by atoms with Crippen LogP contribution < -0.4 is 21.2 Å². The van der Waals surface area contributed by atoms with Gasteiger partial charge in [0, 0.05) is 45.8 Å². The van der Waals surface area contributed by atoms with Crippen molar-refractivity contribution in [1.29, 1.82) is 0 Å². The minimum Gasteiger partial charge on any atom is -0.376 e. The molecule has 0 aliphatic carbocycles. The second-order valence-electron chi connectivity index (χ2n) is 16.1. The SMILES string of the molecule is Cn1c(=O)n(C2CCC(=O)NC2=O)c2cccc(CC[C@@H]3CN(Cc4ccc(-n5cc(NC(=O)c6cnn7ccc(N8C[C@H]9C[C@@H]8CO9)nc67)c(C(F)F)n5)cc4)CCO3)c21. The number of anilines is 2. The zero-order valence-electron chi connectivity index (χ0n) is 33.2. The molecule has 3 amide bonds. The van der Waals surface area contributed by atoms with Crippen molar-refractivity contribution in [3.8, 4) is 5.69 Å². The molecule has 0 saturated carbocycles. The van der Waals surface area contributed by atoms with Crippen LogP contribution in [0.25, 0.3) is 22.4 Å². The number of nitrogens with one attached hydrogen (secondary N) is 2. The van der Waals surface area contributed by atoms with E-state index in [1.165, 1.54) is 26.2 Å². The Balaban J connectivity index is 0.787. The number of rotatable bonds is 11. The number of morpholine rings is 2. The number of hydrogen-bond acceptors (Lipinski definition) is 11. The monoisotopic (exact) mass is 835 g/mol. The normalized spacial score (nSPS) is 21.9. The highest BCUT2D eigenvalue weighted by molar-refractivity contribution is 6.08. The van der Waals surface area contributed by atoms with Gasteiger partial charge in [0.25, 0.3) is 12.3 Å². The average molecular weight is 836 g/mol. The van der Waals surface area contributed by atoms with Crippen molar-refractivity contribution in [2.24, 2.45) is 7.05 Å². The fourth-order valence-corrected chi connectivity index (χ4v) is 9.20. The summed E-state index contributed by atoms with van der Waals surface area (Å²) in [5.41, 5.74) is 3.45. The Morgan fingerprint density at radius 2 is 1.92 bits per heavy atom. The molecule has 0 radical (unpaired) electrons. The standard InChI is InChI=1S/C42H43F2N11O6/c1-50-37-25(3-2-4-32(37)55(42(50)59)33-11-12-35(56)48-41(33)58)7-10-28-20-51(15-16-60-28)19-24-5-8-26(9-6-24)54-22-31(36(49-54)38(43)44)46-40(57)30-18-45-53-14-13-34(47-39(30)53)52-21-29-17-27(52)23-61-29/h2-6,8-9,13-14,18,22,27-29,33,38H,7,10-12,15-17,19-21,23H2,1H3,(H,46,57)(H,48,56,58)/t27-,28-,29-,33?/m1/s1. The Morgan fingerprint density at radius 1 is 1.07 bits per heavy atom. The lowest BCUT2D eigenvalue weighted by molar-refractivity contribution is -0.135. The molecule has 0 spiro atoms. The average Bonchev–Trinajstić information content (AvgIpc) is 4.11. The Morgan fingerprint density at radius 3 is 2.69 bits per heavy atom. The molecule has 1 unspecified atom stereocenters. The van der Waals surface area contributed by atoms with Crippen LogP contribution in [0, 0.1) is 0 Å². The van der Waals surface area contributed by atoms with E-state index in [9.17, 15) is 28.0 Å². The van der Waals surface area contributed by atoms with Crippen molar-refractivity contribution in [2.75, 3.05) is 43.1 Å². The summed E-state index contributed by atoms with van der Waals surface area (Å²) in [6, 6.07) is 14.5. The molecule has 10 rings (SSSR count). The maximum atomic E-state index is 14.3. The van der Waals surface area contributed by atoms with E-state index in [0.717, 1.165) is 29.6 Å². The number of ether oxygens (including phenoxy) is 2. The molecule has 4 saturated heterocycles. The number of carbonyl (C=O) groups excluding carboxylic acids is 3. The number of piperidine rings is 1. The van der Waals surface area contributed by atoms with E-state index >= 15 is 0 Å². The zero-order chi connectivity index (χ0) is 41.9. The van der Waals surface area contributed by atoms with Crippen LogP contribution in [0.4, 0.5) is 20.3 Å². The highest BCUT2D eigenvalue weighted by Gasteiger charge is 2.40. The van der Waals surface area contributed by atoms with E-state index in [4.69, 9.17) is 14.5 Å². The molecule has 19 heteroatoms. The Hall–Kier alpha value is -6.31. The minimum absolute atomic E-state index is 0.0585. The van der Waals surface area contributed by atoms with Crippen molar-refractivity contribution < 1.29 is 32.6 Å². The summed E-state index contributed by atoms with van der Waals surface area (Å²) in [6.45, 7) is 3.96. The second-order valence-corrected chi connectivity index (χ2v) is 16.1. The van der Waals surface area contributed by atoms with Gasteiger partial charge in [-0.25, -0.2) is 27.8 Å². The van der Waals surface area contributed by atoms with Crippen LogP contribution in [0.2, 0.25) is 0 Å². The van der Waals surface area contributed by atoms with Gasteiger partial charge in [0.1, 0.15) is 17.4 Å². The quantitative estimate of drug-likeness (QED) is 0.183. The van der Waals surface area contributed by atoms with Crippen LogP contribution >= 0.6 is 0 Å². The third-order valence-electron chi connectivity index (χ3n) is 12.3. The summed E-state index contributed by atoms with van der Waals surface area (Å²) >= 11 is 0. The molecular weight excluding hydrogens is 793 g/mol. The Bertz CT molecular complexity index is 2740. The molecule has 4 fully saturated rings. The third kappa shape index (κ3) is 7.25. The topological polar surface area (TPSA) is 175 Å². The molecule has 4 aliphatic heterocycles. The molecule has 4 aliphatic rings. The molecule has 17 nitrogen and oxygen atoms in total. The number of para-hydroxylation sites is 1. The largest absolute Gasteiger partial charge is 0.376 e. The molecular formula is C42H43F2N11O6. The smallest absolute Gasteiger partial charge is 0.329 e. The highest BCUT2D eigenvalue weighted by atomic mass is 19.3. The summed E-state index contributed by atoms with van der Waals surface area (Å²) in [4.78, 5) is 60.5. The Kier molecular flexibility index (Phi) is 9.95. The predicted molar refractivity (Wildman–Crippen MR) is 217 cm³/mol. The van der Waals surface area contributed by atoms with Gasteiger partial charge in [-0.1, -0.05) is 24.3 Å². The number of carbonyl (C=O) groups is 3. The molecule has 2 bridgehead atoms. The summed E-state index contributed by atoms with van der Waals surface area (Å²) in [7, 11) is 1.70. The van der Waals surface area contributed by atoms with Crippen LogP contribution in [-0.2, 0) is 39.1 Å². The zero-order valence-corrected chi connectivity index (χ0v) is 33.2. The maximum Gasteiger partial charge on any atom is 0.329 e. The summed E-state index contributed by atoms with van der Waals surface area (Å²) in [5.74, 6) is -0.720. The molecule has 8 heterocycles. The summed E-state index contributed by atoms with van der Waals surface area (Å²) < 4.78 is 46.3. The van der Waals surface area contributed by atoms with Crippen LogP contribution in [0.15, 0.2) is 71.9 Å². The van der Waals surface area contributed by atoms with Gasteiger partial charge >= 0.3 is 5.69 Å². The molecule has 316 valence electrons. The first-order chi connectivity index (χ1) is 29.6. The van der Waals surface area contributed by atoms with Gasteiger partial charge in [0.05, 0.1) is 66.3 Å². The van der Waals surface area contributed by atoms with E-state index in [-0.39, 0.29) is 53.9 Å². The number of halogens is 2. The molecule has 61 heavy (non-hydrogen) atoms. The molecule has 2 aromatic carbocycles. The first kappa shape index (κ1) is 38.9. The van der Waals surface area contributed by atoms with Crippen molar-refractivity contribution in [3.63, 3.8) is 0 Å². The van der Waals surface area contributed by atoms with Gasteiger partial charge < -0.3 is 19.7 Å². The van der Waals surface area contributed by atoms with E-state index in [1.807, 2.05) is 36.4 Å². The van der Waals surface area contributed by atoms with Crippen molar-refractivity contribution in [1.82, 2.24) is 43.7 Å². The van der Waals surface area contributed by atoms with Gasteiger partial charge in [-0.05, 0) is 61.1 Å². The van der Waals surface area contributed by atoms with Crippen LogP contribution in [0.3, 0.4) is 0 Å². The number of alkyl halides is 2.